The molecule has 0 radical (unpaired) electrons. The molecule has 0 rings (SSSR count). The minimum absolute atomic E-state index is 0.109. The first-order valence-corrected chi connectivity index (χ1v) is 4.58. The van der Waals surface area contributed by atoms with Crippen LogP contribution in [0.5, 0.6) is 0 Å². The van der Waals surface area contributed by atoms with Gasteiger partial charge in [0, 0.05) is 18.4 Å². The second-order valence-corrected chi connectivity index (χ2v) is 4.08. The highest BCUT2D eigenvalue weighted by Gasteiger charge is 2.29. The zero-order valence-corrected chi connectivity index (χ0v) is 8.90. The van der Waals surface area contributed by atoms with Gasteiger partial charge in [0.1, 0.15) is 0 Å². The molecule has 2 unspecified atom stereocenters. The Bertz CT molecular complexity index is 112. The third-order valence-corrected chi connectivity index (χ3v) is 3.24. The van der Waals surface area contributed by atoms with Crippen molar-refractivity contribution in [3.05, 3.63) is 0 Å². The van der Waals surface area contributed by atoms with E-state index in [0.29, 0.717) is 5.92 Å². The van der Waals surface area contributed by atoms with E-state index in [4.69, 9.17) is 16.3 Å². The molecule has 0 aromatic rings. The monoisotopic (exact) mass is 178 g/mol. The maximum atomic E-state index is 6.10. The summed E-state index contributed by atoms with van der Waals surface area (Å²) in [6.07, 6.45) is 0.996. The second-order valence-electron chi connectivity index (χ2n) is 3.52. The van der Waals surface area contributed by atoms with Gasteiger partial charge in [-0.15, -0.1) is 11.6 Å². The van der Waals surface area contributed by atoms with E-state index in [9.17, 15) is 0 Å². The molecule has 0 aliphatic heterocycles. The van der Waals surface area contributed by atoms with Gasteiger partial charge in [0.15, 0.2) is 0 Å². The van der Waals surface area contributed by atoms with Crippen molar-refractivity contribution in [2.45, 2.75) is 45.1 Å². The highest BCUT2D eigenvalue weighted by atomic mass is 35.5. The fourth-order valence-corrected chi connectivity index (χ4v) is 1.28. The van der Waals surface area contributed by atoms with Crippen LogP contribution in [-0.4, -0.2) is 18.1 Å². The van der Waals surface area contributed by atoms with E-state index < -0.39 is 0 Å². The predicted octanol–water partition coefficient (Wildman–Crippen LogP) is 3.06. The largest absolute Gasteiger partial charge is 0.378 e. The molecule has 0 bridgehead atoms. The number of rotatable bonds is 4. The van der Waals surface area contributed by atoms with Gasteiger partial charge in [0.05, 0.1) is 5.60 Å². The third-order valence-electron chi connectivity index (χ3n) is 2.56. The molecule has 68 valence electrons. The lowest BCUT2D eigenvalue weighted by molar-refractivity contribution is -0.0232. The third kappa shape index (κ3) is 3.00. The fourth-order valence-electron chi connectivity index (χ4n) is 0.975. The van der Waals surface area contributed by atoms with Gasteiger partial charge >= 0.3 is 0 Å². The molecule has 0 aromatic carbocycles. The smallest absolute Gasteiger partial charge is 0.0662 e. The van der Waals surface area contributed by atoms with E-state index in [2.05, 4.69) is 27.7 Å². The average molecular weight is 179 g/mol. The van der Waals surface area contributed by atoms with Crippen LogP contribution in [-0.2, 0) is 4.74 Å². The summed E-state index contributed by atoms with van der Waals surface area (Å²) in [7, 11) is 1.73. The van der Waals surface area contributed by atoms with E-state index in [0.717, 1.165) is 6.42 Å². The Morgan fingerprint density at radius 1 is 1.45 bits per heavy atom. The summed E-state index contributed by atoms with van der Waals surface area (Å²) in [6, 6.07) is 0. The number of methoxy groups -OCH3 is 1. The normalized spacial score (nSPS) is 18.0. The van der Waals surface area contributed by atoms with Crippen molar-refractivity contribution in [1.82, 2.24) is 0 Å². The number of ether oxygens (including phenoxy) is 1. The van der Waals surface area contributed by atoms with E-state index in [1.807, 2.05) is 0 Å². The molecule has 0 saturated carbocycles. The Balaban J connectivity index is 4.10. The molecule has 1 nitrogen and oxygen atoms in total. The van der Waals surface area contributed by atoms with Crippen LogP contribution >= 0.6 is 11.6 Å². The number of alkyl halides is 1. The topological polar surface area (TPSA) is 9.23 Å². The van der Waals surface area contributed by atoms with Crippen LogP contribution in [0, 0.1) is 5.92 Å². The summed E-state index contributed by atoms with van der Waals surface area (Å²) in [5.41, 5.74) is -0.109. The lowest BCUT2D eigenvalue weighted by Crippen LogP contribution is -2.36. The van der Waals surface area contributed by atoms with Crippen molar-refractivity contribution in [3.8, 4) is 0 Å². The summed E-state index contributed by atoms with van der Waals surface area (Å²) in [5, 5.41) is 0.213. The van der Waals surface area contributed by atoms with E-state index in [-0.39, 0.29) is 11.0 Å². The predicted molar refractivity (Wildman–Crippen MR) is 50.2 cm³/mol. The summed E-state index contributed by atoms with van der Waals surface area (Å²) in [5.74, 6) is 0.388. The molecule has 0 saturated heterocycles. The minimum atomic E-state index is -0.109. The summed E-state index contributed by atoms with van der Waals surface area (Å²) in [6.45, 7) is 8.37. The second kappa shape index (κ2) is 4.32. The molecular weight excluding hydrogens is 160 g/mol. The standard InChI is InChI=1S/C9H19ClO/c1-6-8(10)7(2)9(3,4)11-5/h7-8H,6H2,1-5H3. The Labute approximate surface area is 75.1 Å². The van der Waals surface area contributed by atoms with Gasteiger partial charge in [-0.3, -0.25) is 0 Å². The molecular formula is C9H19ClO. The molecule has 11 heavy (non-hydrogen) atoms. The molecule has 0 aromatic heterocycles. The average Bonchev–Trinajstić information content (AvgIpc) is 2.01. The van der Waals surface area contributed by atoms with Crippen LogP contribution in [0.25, 0.3) is 0 Å². The maximum Gasteiger partial charge on any atom is 0.0662 e. The quantitative estimate of drug-likeness (QED) is 0.602. The summed E-state index contributed by atoms with van der Waals surface area (Å²) in [4.78, 5) is 0. The first-order valence-electron chi connectivity index (χ1n) is 4.15. The summed E-state index contributed by atoms with van der Waals surface area (Å²) >= 11 is 6.10. The Morgan fingerprint density at radius 2 is 1.91 bits per heavy atom. The van der Waals surface area contributed by atoms with Crippen molar-refractivity contribution in [2.24, 2.45) is 5.92 Å². The highest BCUT2D eigenvalue weighted by molar-refractivity contribution is 6.20. The minimum Gasteiger partial charge on any atom is -0.378 e. The highest BCUT2D eigenvalue weighted by Crippen LogP contribution is 2.27. The molecule has 0 fully saturated rings. The van der Waals surface area contributed by atoms with Crippen molar-refractivity contribution < 1.29 is 4.74 Å². The number of halogens is 1. The van der Waals surface area contributed by atoms with Crippen molar-refractivity contribution in [3.63, 3.8) is 0 Å². The first-order chi connectivity index (χ1) is 4.95. The van der Waals surface area contributed by atoms with E-state index in [1.165, 1.54) is 0 Å². The van der Waals surface area contributed by atoms with Gasteiger partial charge in [-0.1, -0.05) is 13.8 Å². The molecule has 0 amide bonds. The first kappa shape index (κ1) is 11.2. The van der Waals surface area contributed by atoms with Crippen LogP contribution in [0.1, 0.15) is 34.1 Å². The van der Waals surface area contributed by atoms with Crippen LogP contribution in [0.4, 0.5) is 0 Å². The maximum absolute atomic E-state index is 6.10. The zero-order valence-electron chi connectivity index (χ0n) is 8.15. The zero-order chi connectivity index (χ0) is 9.07. The Hall–Kier alpha value is 0.250. The van der Waals surface area contributed by atoms with Gasteiger partial charge in [-0.25, -0.2) is 0 Å². The van der Waals surface area contributed by atoms with Crippen molar-refractivity contribution >= 4 is 11.6 Å². The van der Waals surface area contributed by atoms with Crippen molar-refractivity contribution in [1.29, 1.82) is 0 Å². The molecule has 2 atom stereocenters. The number of hydrogen-bond acceptors (Lipinski definition) is 1. The van der Waals surface area contributed by atoms with Crippen LogP contribution in [0.15, 0.2) is 0 Å². The van der Waals surface area contributed by atoms with Crippen LogP contribution < -0.4 is 0 Å². The van der Waals surface area contributed by atoms with Crippen LogP contribution in [0.2, 0.25) is 0 Å². The number of hydrogen-bond donors (Lipinski definition) is 0. The van der Waals surface area contributed by atoms with Gasteiger partial charge < -0.3 is 4.74 Å². The molecule has 0 aliphatic rings. The van der Waals surface area contributed by atoms with Gasteiger partial charge in [0.2, 0.25) is 0 Å². The van der Waals surface area contributed by atoms with Crippen molar-refractivity contribution in [2.75, 3.05) is 7.11 Å². The molecule has 0 aliphatic carbocycles. The molecule has 0 spiro atoms. The molecule has 0 heterocycles. The van der Waals surface area contributed by atoms with Gasteiger partial charge in [-0.2, -0.15) is 0 Å². The van der Waals surface area contributed by atoms with E-state index >= 15 is 0 Å². The van der Waals surface area contributed by atoms with Gasteiger partial charge in [-0.05, 0) is 20.3 Å². The Morgan fingerprint density at radius 3 is 2.18 bits per heavy atom. The fraction of sp³-hybridized carbons (Fsp3) is 1.00. The van der Waals surface area contributed by atoms with E-state index in [1.54, 1.807) is 7.11 Å². The Kier molecular flexibility index (Phi) is 4.42. The lowest BCUT2D eigenvalue weighted by atomic mass is 9.88. The van der Waals surface area contributed by atoms with Crippen LogP contribution in [0.3, 0.4) is 0 Å². The van der Waals surface area contributed by atoms with Gasteiger partial charge in [0.25, 0.3) is 0 Å². The molecule has 0 N–H and O–H groups in total. The molecule has 2 heteroatoms. The SMILES string of the molecule is CCC(Cl)C(C)C(C)(C)OC. The lowest BCUT2D eigenvalue weighted by Gasteiger charge is -2.33. The summed E-state index contributed by atoms with van der Waals surface area (Å²) < 4.78 is 5.34.